The van der Waals surface area contributed by atoms with E-state index in [0.717, 1.165) is 25.8 Å². The first-order valence-corrected chi connectivity index (χ1v) is 24.0. The van der Waals surface area contributed by atoms with Crippen molar-refractivity contribution in [3.8, 4) is 0 Å². The molecule has 0 aromatic carbocycles. The molecule has 1 saturated carbocycles. The molecule has 7 rings (SSSR count). The summed E-state index contributed by atoms with van der Waals surface area (Å²) < 4.78 is 9.06. The van der Waals surface area contributed by atoms with Crippen molar-refractivity contribution in [3.63, 3.8) is 0 Å². The minimum Gasteiger partial charge on any atom is -0.351 e. The number of amides is 8. The number of rotatable bonds is 21. The SMILES string of the molecule is Cn1cc(NC(=O)c2nc(NC(=O)c3cc(NC(=O)C(CCNC(=O)c4nc(NC(=O)c5cc(NC(=O)c6nccn6C)cn5C)cn4C)NC(=O)C4CCCC4)cn3C)cn2C)cc1C(=O)NCCC[NH+](C)C. The van der Waals surface area contributed by atoms with Crippen LogP contribution in [0.25, 0.3) is 0 Å². The Hall–Kier alpha value is -8.81. The summed E-state index contributed by atoms with van der Waals surface area (Å²) in [6, 6.07) is 3.42. The lowest BCUT2D eigenvalue weighted by atomic mass is 10.1. The largest absolute Gasteiger partial charge is 0.351 e. The Morgan fingerprint density at radius 3 is 1.57 bits per heavy atom. The van der Waals surface area contributed by atoms with Crippen molar-refractivity contribution in [2.45, 2.75) is 44.6 Å². The minimum atomic E-state index is -1.09. The van der Waals surface area contributed by atoms with Crippen LogP contribution in [0.1, 0.15) is 102 Å². The molecule has 74 heavy (non-hydrogen) atoms. The standard InChI is InChI=1S/C48H62N18O8/c1-60(2)18-11-15-50-43(69)33-20-30(24-62(33)4)54-48(74)40-57-37(27-66(40)8)59-44(70)34-21-29(23-63(34)5)52-42(68)32(55-41(67)28-12-9-10-13-28)14-16-51-46(72)39-56-36(26-65(39)7)58-45(71)35-22-31(25-64(35)6)53-47(73)38-49-17-19-61(38)3/h17,19-28,32H,9-16,18H2,1-8H3,(H,50,69)(H,51,72)(H,52,68)(H,53,73)(H,54,74)(H,55,67)(H,58,71)(H,59,70)/p+1. The maximum absolute atomic E-state index is 13.9. The quantitative estimate of drug-likeness (QED) is 0.0450. The maximum Gasteiger partial charge on any atom is 0.291 e. The highest BCUT2D eigenvalue weighted by molar-refractivity contribution is 6.08. The average molecular weight is 1020 g/mol. The van der Waals surface area contributed by atoms with Crippen LogP contribution in [0, 0.1) is 5.92 Å². The molecular formula is C48H63N18O8+. The van der Waals surface area contributed by atoms with Gasteiger partial charge < -0.3 is 74.8 Å². The lowest BCUT2D eigenvalue weighted by molar-refractivity contribution is -0.858. The van der Waals surface area contributed by atoms with Gasteiger partial charge in [0.2, 0.25) is 23.5 Å². The van der Waals surface area contributed by atoms with Gasteiger partial charge in [-0.25, -0.2) is 15.0 Å². The van der Waals surface area contributed by atoms with E-state index in [0.29, 0.717) is 36.5 Å². The number of hydrogen-bond donors (Lipinski definition) is 9. The number of anilines is 5. The summed E-state index contributed by atoms with van der Waals surface area (Å²) in [5.41, 5.74) is 1.71. The van der Waals surface area contributed by atoms with Crippen LogP contribution in [0.4, 0.5) is 28.7 Å². The molecular weight excluding hydrogens is 957 g/mol. The number of aryl methyl sites for hydroxylation is 6. The second-order valence-corrected chi connectivity index (χ2v) is 18.6. The van der Waals surface area contributed by atoms with Gasteiger partial charge in [-0.2, -0.15) is 0 Å². The number of carbonyl (C=O) groups is 8. The zero-order valence-corrected chi connectivity index (χ0v) is 42.6. The molecule has 0 aliphatic heterocycles. The molecule has 1 unspecified atom stereocenters. The molecule has 0 bridgehead atoms. The third-order valence-electron chi connectivity index (χ3n) is 12.4. The van der Waals surface area contributed by atoms with E-state index < -0.39 is 41.5 Å². The van der Waals surface area contributed by atoms with E-state index in [-0.39, 0.29) is 76.9 Å². The van der Waals surface area contributed by atoms with Crippen LogP contribution in [0.3, 0.4) is 0 Å². The topological polar surface area (TPSA) is 305 Å². The van der Waals surface area contributed by atoms with Gasteiger partial charge in [0.1, 0.15) is 23.1 Å². The van der Waals surface area contributed by atoms with Crippen molar-refractivity contribution in [1.29, 1.82) is 0 Å². The molecule has 6 heterocycles. The summed E-state index contributed by atoms with van der Waals surface area (Å²) >= 11 is 0. The number of nitrogens with one attached hydrogen (secondary N) is 9. The highest BCUT2D eigenvalue weighted by atomic mass is 16.2. The smallest absolute Gasteiger partial charge is 0.291 e. The Balaban J connectivity index is 0.933. The first-order chi connectivity index (χ1) is 35.2. The molecule has 0 saturated heterocycles. The Kier molecular flexibility index (Phi) is 16.6. The minimum absolute atomic E-state index is 0.00891. The Morgan fingerprint density at radius 2 is 1.05 bits per heavy atom. The van der Waals surface area contributed by atoms with Gasteiger partial charge in [-0.15, -0.1) is 0 Å². The molecule has 1 fully saturated rings. The van der Waals surface area contributed by atoms with Crippen molar-refractivity contribution < 1.29 is 43.3 Å². The van der Waals surface area contributed by atoms with Crippen molar-refractivity contribution in [1.82, 2.24) is 58.3 Å². The van der Waals surface area contributed by atoms with E-state index in [2.05, 4.69) is 57.5 Å². The number of quaternary nitrogens is 1. The Labute approximate surface area is 425 Å². The molecule has 0 spiro atoms. The zero-order chi connectivity index (χ0) is 53.4. The maximum atomic E-state index is 13.9. The monoisotopic (exact) mass is 1020 g/mol. The molecule has 9 N–H and O–H groups in total. The van der Waals surface area contributed by atoms with Gasteiger partial charge >= 0.3 is 0 Å². The molecule has 6 aromatic heterocycles. The second-order valence-electron chi connectivity index (χ2n) is 18.6. The highest BCUT2D eigenvalue weighted by Crippen LogP contribution is 2.25. The number of nitrogens with zero attached hydrogens (tertiary/aromatic N) is 9. The van der Waals surface area contributed by atoms with E-state index in [1.54, 1.807) is 76.1 Å². The lowest BCUT2D eigenvalue weighted by Gasteiger charge is -2.20. The van der Waals surface area contributed by atoms with E-state index in [1.165, 1.54) is 60.1 Å². The number of carbonyl (C=O) groups excluding carboxylic acids is 8. The van der Waals surface area contributed by atoms with E-state index in [1.807, 2.05) is 14.1 Å². The zero-order valence-electron chi connectivity index (χ0n) is 42.6. The summed E-state index contributed by atoms with van der Waals surface area (Å²) in [4.78, 5) is 120. The fourth-order valence-corrected chi connectivity index (χ4v) is 8.49. The summed E-state index contributed by atoms with van der Waals surface area (Å²) in [6.07, 6.45) is 14.7. The van der Waals surface area contributed by atoms with Gasteiger partial charge in [-0.3, -0.25) is 38.4 Å². The van der Waals surface area contributed by atoms with Crippen molar-refractivity contribution in [2.24, 2.45) is 48.2 Å². The molecule has 1 aliphatic rings. The molecule has 26 heteroatoms. The summed E-state index contributed by atoms with van der Waals surface area (Å²) in [7, 11) is 13.9. The van der Waals surface area contributed by atoms with E-state index in [4.69, 9.17) is 0 Å². The van der Waals surface area contributed by atoms with Crippen LogP contribution in [-0.4, -0.2) is 129 Å². The van der Waals surface area contributed by atoms with Gasteiger partial charge in [0.05, 0.1) is 37.7 Å². The summed E-state index contributed by atoms with van der Waals surface area (Å²) in [5.74, 6) is -3.86. The Bertz CT molecular complexity index is 3090. The normalized spacial score (nSPS) is 12.8. The first-order valence-electron chi connectivity index (χ1n) is 24.0. The molecule has 8 amide bonds. The van der Waals surface area contributed by atoms with Crippen LogP contribution in [0.5, 0.6) is 0 Å². The predicted octanol–water partition coefficient (Wildman–Crippen LogP) is 0.610. The van der Waals surface area contributed by atoms with Gasteiger partial charge in [0.25, 0.3) is 35.4 Å². The second kappa shape index (κ2) is 23.2. The van der Waals surface area contributed by atoms with Gasteiger partial charge in [0, 0.05) is 111 Å². The average Bonchev–Trinajstić information content (AvgIpc) is 4.22. The highest BCUT2D eigenvalue weighted by Gasteiger charge is 2.29. The van der Waals surface area contributed by atoms with Crippen molar-refractivity contribution in [3.05, 3.63) is 96.1 Å². The fourth-order valence-electron chi connectivity index (χ4n) is 8.49. The van der Waals surface area contributed by atoms with Crippen LogP contribution >= 0.6 is 0 Å². The van der Waals surface area contributed by atoms with Gasteiger partial charge in [-0.1, -0.05) is 12.8 Å². The van der Waals surface area contributed by atoms with Crippen LogP contribution in [0.15, 0.2) is 61.6 Å². The molecule has 26 nitrogen and oxygen atoms in total. The van der Waals surface area contributed by atoms with Crippen LogP contribution in [0.2, 0.25) is 0 Å². The lowest BCUT2D eigenvalue weighted by Crippen LogP contribution is -3.05. The van der Waals surface area contributed by atoms with Gasteiger partial charge in [0.15, 0.2) is 17.5 Å². The number of imidazole rings is 3. The molecule has 6 aromatic rings. The van der Waals surface area contributed by atoms with Crippen molar-refractivity contribution in [2.75, 3.05) is 60.3 Å². The number of aromatic nitrogens is 9. The third kappa shape index (κ3) is 13.0. The van der Waals surface area contributed by atoms with Gasteiger partial charge in [-0.05, 0) is 37.5 Å². The van der Waals surface area contributed by atoms with Crippen LogP contribution < -0.4 is 47.4 Å². The first kappa shape index (κ1) is 53.0. The molecule has 0 radical (unpaired) electrons. The summed E-state index contributed by atoms with van der Waals surface area (Å²) in [5, 5.41) is 22.1. The van der Waals surface area contributed by atoms with E-state index >= 15 is 0 Å². The molecule has 1 aliphatic carbocycles. The van der Waals surface area contributed by atoms with E-state index in [9.17, 15) is 38.4 Å². The fraction of sp³-hybridized carbons (Fsp3) is 0.396. The Morgan fingerprint density at radius 1 is 0.568 bits per heavy atom. The van der Waals surface area contributed by atoms with Crippen molar-refractivity contribution >= 4 is 76.0 Å². The third-order valence-corrected chi connectivity index (χ3v) is 12.4. The van der Waals surface area contributed by atoms with Crippen LogP contribution in [-0.2, 0) is 51.9 Å². The molecule has 1 atom stereocenters. The predicted molar refractivity (Wildman–Crippen MR) is 272 cm³/mol. The number of hydrogen-bond acceptors (Lipinski definition) is 11. The molecule has 392 valence electrons. The summed E-state index contributed by atoms with van der Waals surface area (Å²) in [6.45, 7) is 1.37.